The maximum Gasteiger partial charge on any atom is 0.142 e. The first-order valence-corrected chi connectivity index (χ1v) is 6.26. The van der Waals surface area contributed by atoms with Gasteiger partial charge in [0.25, 0.3) is 0 Å². The molecule has 3 N–H and O–H groups in total. The lowest BCUT2D eigenvalue weighted by Gasteiger charge is -2.26. The van der Waals surface area contributed by atoms with Gasteiger partial charge >= 0.3 is 0 Å². The molecule has 0 atom stereocenters. The van der Waals surface area contributed by atoms with Crippen LogP contribution in [0.25, 0.3) is 0 Å². The highest BCUT2D eigenvalue weighted by molar-refractivity contribution is 6.32. The molecule has 0 heterocycles. The molecule has 0 spiro atoms. The number of aliphatic hydroxyl groups is 1. The molecule has 0 aliphatic rings. The van der Waals surface area contributed by atoms with E-state index in [1.165, 1.54) is 0 Å². The summed E-state index contributed by atoms with van der Waals surface area (Å²) in [7, 11) is 0. The van der Waals surface area contributed by atoms with Gasteiger partial charge in [0, 0.05) is 12.1 Å². The monoisotopic (exact) mass is 257 g/mol. The largest absolute Gasteiger partial charge is 0.489 e. The molecule has 4 heteroatoms. The van der Waals surface area contributed by atoms with Gasteiger partial charge in [-0.1, -0.05) is 37.6 Å². The first-order chi connectivity index (χ1) is 8.06. The van der Waals surface area contributed by atoms with Crippen molar-refractivity contribution in [2.24, 2.45) is 5.73 Å². The van der Waals surface area contributed by atoms with Crippen LogP contribution in [0.5, 0.6) is 5.75 Å². The molecule has 96 valence electrons. The number of ether oxygens (including phenoxy) is 1. The minimum absolute atomic E-state index is 0.233. The van der Waals surface area contributed by atoms with Gasteiger partial charge in [-0.05, 0) is 18.9 Å². The first-order valence-electron chi connectivity index (χ1n) is 5.89. The van der Waals surface area contributed by atoms with Crippen molar-refractivity contribution in [3.63, 3.8) is 0 Å². The lowest BCUT2D eigenvalue weighted by Crippen LogP contribution is -2.34. The third kappa shape index (κ3) is 3.60. The Balaban J connectivity index is 2.81. The zero-order valence-corrected chi connectivity index (χ0v) is 11.1. The molecule has 17 heavy (non-hydrogen) atoms. The minimum atomic E-state index is -0.801. The zero-order chi connectivity index (χ0) is 12.9. The van der Waals surface area contributed by atoms with E-state index < -0.39 is 5.60 Å². The fourth-order valence-electron chi connectivity index (χ4n) is 1.54. The average Bonchev–Trinajstić information content (AvgIpc) is 2.36. The van der Waals surface area contributed by atoms with Crippen molar-refractivity contribution in [3.05, 3.63) is 28.8 Å². The number of nitrogens with two attached hydrogens (primary N) is 1. The predicted molar refractivity (Wildman–Crippen MR) is 70.4 cm³/mol. The molecule has 3 nitrogen and oxygen atoms in total. The molecule has 0 amide bonds. The molecule has 0 radical (unpaired) electrons. The van der Waals surface area contributed by atoms with Crippen LogP contribution >= 0.6 is 11.6 Å². The highest BCUT2D eigenvalue weighted by atomic mass is 35.5. The fourth-order valence-corrected chi connectivity index (χ4v) is 1.79. The molecule has 0 aromatic heterocycles. The lowest BCUT2D eigenvalue weighted by molar-refractivity contribution is -0.0115. The molecule has 0 aliphatic carbocycles. The van der Waals surface area contributed by atoms with Crippen LogP contribution < -0.4 is 10.5 Å². The zero-order valence-electron chi connectivity index (χ0n) is 10.4. The van der Waals surface area contributed by atoms with E-state index in [2.05, 4.69) is 0 Å². The number of para-hydroxylation sites is 1. The maximum atomic E-state index is 10.1. The predicted octanol–water partition coefficient (Wildman–Crippen LogP) is 2.73. The summed E-state index contributed by atoms with van der Waals surface area (Å²) < 4.78 is 5.64. The SMILES string of the molecule is CCC(O)(CC)COc1c(Cl)cccc1CN. The van der Waals surface area contributed by atoms with Gasteiger partial charge in [0.1, 0.15) is 12.4 Å². The summed E-state index contributed by atoms with van der Waals surface area (Å²) in [5.74, 6) is 0.581. The van der Waals surface area contributed by atoms with Crippen molar-refractivity contribution in [3.8, 4) is 5.75 Å². The van der Waals surface area contributed by atoms with Crippen molar-refractivity contribution in [1.82, 2.24) is 0 Å². The van der Waals surface area contributed by atoms with Crippen molar-refractivity contribution in [2.45, 2.75) is 38.8 Å². The van der Waals surface area contributed by atoms with Crippen LogP contribution in [0.2, 0.25) is 5.02 Å². The maximum absolute atomic E-state index is 10.1. The molecular formula is C13H20ClNO2. The van der Waals surface area contributed by atoms with Crippen LogP contribution in [0.15, 0.2) is 18.2 Å². The van der Waals surface area contributed by atoms with E-state index in [-0.39, 0.29) is 6.61 Å². The van der Waals surface area contributed by atoms with Crippen LogP contribution in [0, 0.1) is 0 Å². The van der Waals surface area contributed by atoms with Gasteiger partial charge in [-0.25, -0.2) is 0 Å². The Morgan fingerprint density at radius 1 is 1.35 bits per heavy atom. The molecule has 1 rings (SSSR count). The van der Waals surface area contributed by atoms with Crippen LogP contribution in [0.4, 0.5) is 0 Å². The van der Waals surface area contributed by atoms with E-state index in [0.29, 0.717) is 30.2 Å². The second-order valence-electron chi connectivity index (χ2n) is 4.15. The molecule has 0 saturated heterocycles. The van der Waals surface area contributed by atoms with Crippen LogP contribution in [0.3, 0.4) is 0 Å². The van der Waals surface area contributed by atoms with Crippen LogP contribution in [0.1, 0.15) is 32.3 Å². The summed E-state index contributed by atoms with van der Waals surface area (Å²) in [5.41, 5.74) is 5.68. The van der Waals surface area contributed by atoms with Gasteiger partial charge in [-0.2, -0.15) is 0 Å². The van der Waals surface area contributed by atoms with Crippen LogP contribution in [-0.2, 0) is 6.54 Å². The van der Waals surface area contributed by atoms with Gasteiger partial charge in [0.15, 0.2) is 0 Å². The first kappa shape index (κ1) is 14.3. The highest BCUT2D eigenvalue weighted by Gasteiger charge is 2.24. The Labute approximate surface area is 108 Å². The average molecular weight is 258 g/mol. The van der Waals surface area contributed by atoms with Crippen molar-refractivity contribution in [1.29, 1.82) is 0 Å². The number of halogens is 1. The van der Waals surface area contributed by atoms with E-state index in [1.54, 1.807) is 6.07 Å². The van der Waals surface area contributed by atoms with Gasteiger partial charge in [-0.3, -0.25) is 0 Å². The lowest BCUT2D eigenvalue weighted by atomic mass is 9.99. The van der Waals surface area contributed by atoms with Gasteiger partial charge in [0.05, 0.1) is 10.6 Å². The molecule has 0 unspecified atom stereocenters. The normalized spacial score (nSPS) is 11.6. The summed E-state index contributed by atoms with van der Waals surface area (Å²) in [6.45, 7) is 4.47. The Hall–Kier alpha value is -0.770. The second-order valence-corrected chi connectivity index (χ2v) is 4.56. The molecule has 0 bridgehead atoms. The van der Waals surface area contributed by atoms with E-state index >= 15 is 0 Å². The summed E-state index contributed by atoms with van der Waals surface area (Å²) in [6, 6.07) is 5.47. The third-order valence-corrected chi connectivity index (χ3v) is 3.37. The standard InChI is InChI=1S/C13H20ClNO2/c1-3-13(16,4-2)9-17-12-10(8-15)6-5-7-11(12)14/h5-7,16H,3-4,8-9,15H2,1-2H3. The Morgan fingerprint density at radius 2 is 2.00 bits per heavy atom. The van der Waals surface area contributed by atoms with E-state index in [1.807, 2.05) is 26.0 Å². The van der Waals surface area contributed by atoms with Crippen molar-refractivity contribution in [2.75, 3.05) is 6.61 Å². The van der Waals surface area contributed by atoms with Gasteiger partial charge < -0.3 is 15.6 Å². The van der Waals surface area contributed by atoms with Crippen molar-refractivity contribution < 1.29 is 9.84 Å². The van der Waals surface area contributed by atoms with Gasteiger partial charge in [0.2, 0.25) is 0 Å². The Bertz CT molecular complexity index is 364. The van der Waals surface area contributed by atoms with E-state index in [0.717, 1.165) is 5.56 Å². The molecule has 0 aliphatic heterocycles. The minimum Gasteiger partial charge on any atom is -0.489 e. The molecule has 1 aromatic carbocycles. The number of rotatable bonds is 6. The second kappa shape index (κ2) is 6.24. The summed E-state index contributed by atoms with van der Waals surface area (Å²) in [6.07, 6.45) is 1.29. The topological polar surface area (TPSA) is 55.5 Å². The quantitative estimate of drug-likeness (QED) is 0.824. The third-order valence-electron chi connectivity index (χ3n) is 3.07. The number of benzene rings is 1. The summed E-state index contributed by atoms with van der Waals surface area (Å²) in [5, 5.41) is 10.7. The van der Waals surface area contributed by atoms with E-state index in [9.17, 15) is 5.11 Å². The molecule has 0 fully saturated rings. The smallest absolute Gasteiger partial charge is 0.142 e. The molecular weight excluding hydrogens is 238 g/mol. The summed E-state index contributed by atoms with van der Waals surface area (Å²) in [4.78, 5) is 0. The highest BCUT2D eigenvalue weighted by Crippen LogP contribution is 2.29. The fraction of sp³-hybridized carbons (Fsp3) is 0.538. The number of hydrogen-bond acceptors (Lipinski definition) is 3. The Kier molecular flexibility index (Phi) is 5.25. The van der Waals surface area contributed by atoms with E-state index in [4.69, 9.17) is 22.1 Å². The summed E-state index contributed by atoms with van der Waals surface area (Å²) >= 11 is 6.06. The Morgan fingerprint density at radius 3 is 2.53 bits per heavy atom. The molecule has 1 aromatic rings. The van der Waals surface area contributed by atoms with Gasteiger partial charge in [-0.15, -0.1) is 0 Å². The number of hydrogen-bond donors (Lipinski definition) is 2. The molecule has 0 saturated carbocycles. The van der Waals surface area contributed by atoms with Crippen LogP contribution in [-0.4, -0.2) is 17.3 Å². The van der Waals surface area contributed by atoms with Crippen molar-refractivity contribution >= 4 is 11.6 Å².